The van der Waals surface area contributed by atoms with Crippen molar-refractivity contribution in [2.75, 3.05) is 131 Å². The summed E-state index contributed by atoms with van der Waals surface area (Å²) in [6, 6.07) is 6.30. The van der Waals surface area contributed by atoms with Crippen molar-refractivity contribution in [1.82, 2.24) is 38.2 Å². The number of methoxy groups -OCH3 is 4. The SMILES string of the molecule is COC1[C@@H](O)[C@@H](CO)O[C@H]1n1ccc(N(C)C)nc1=O.COC1[C@@H](O)[C@@H](COP(=O)(Cl)Cl)O[C@H]1n1ccc(N(C)C)nc1=O.COC1[C@@H](O)[C@@H](COP(=O)(O)OP(=O)(O)OP(=O)(O)O)O[C@H]1n1ccc(N(C)C)nc1=O.COC1[C@@H](O)[C@@H](COP2(=O)OP(=O)(O)OP(=O)(O)O2)O[C@H]1n1ccc(N(C)C)nc1=O. The van der Waals surface area contributed by atoms with Crippen molar-refractivity contribution in [3.8, 4) is 0 Å². The molecule has 5 fully saturated rings. The number of phosphoric acid groups is 6. The maximum atomic E-state index is 12.4. The van der Waals surface area contributed by atoms with Gasteiger partial charge in [0.1, 0.15) is 96.5 Å². The molecular formula is C48H79Cl2N12O38P7. The lowest BCUT2D eigenvalue weighted by Gasteiger charge is -2.27. The fraction of sp³-hybridized carbons (Fsp3) is 0.667. The second kappa shape index (κ2) is 37.6. The summed E-state index contributed by atoms with van der Waals surface area (Å²) in [6.45, 7) is -2.39. The van der Waals surface area contributed by atoms with Crippen LogP contribution in [0.2, 0.25) is 0 Å². The molecule has 5 aliphatic rings. The second-order valence-corrected chi connectivity index (χ2v) is 36.9. The van der Waals surface area contributed by atoms with E-state index in [4.69, 9.17) is 89.2 Å². The van der Waals surface area contributed by atoms with Crippen molar-refractivity contribution < 1.29 is 160 Å². The van der Waals surface area contributed by atoms with Gasteiger partial charge in [0.2, 0.25) is 0 Å². The minimum absolute atomic E-state index is 0.320. The first kappa shape index (κ1) is 91.7. The van der Waals surface area contributed by atoms with Gasteiger partial charge in [0.15, 0.2) is 24.9 Å². The molecule has 0 spiro atoms. The highest BCUT2D eigenvalue weighted by Crippen LogP contribution is 2.80. The van der Waals surface area contributed by atoms with E-state index in [1.54, 1.807) is 88.1 Å². The van der Waals surface area contributed by atoms with Crippen molar-refractivity contribution in [2.24, 2.45) is 0 Å². The van der Waals surface area contributed by atoms with E-state index >= 15 is 0 Å². The zero-order valence-electron chi connectivity index (χ0n) is 57.9. The van der Waals surface area contributed by atoms with Gasteiger partial charge in [-0.05, 0) is 46.7 Å². The summed E-state index contributed by atoms with van der Waals surface area (Å²) in [5, 5.41) is 50.2. The van der Waals surface area contributed by atoms with Crippen LogP contribution in [0.3, 0.4) is 0 Å². The molecule has 9 heterocycles. The molecule has 5 saturated heterocycles. The number of hydrogen-bond donors (Lipinski definition) is 11. The van der Waals surface area contributed by atoms with Crippen molar-refractivity contribution in [1.29, 1.82) is 0 Å². The average Bonchev–Trinajstić information content (AvgIpc) is 1.51. The molecule has 0 bridgehead atoms. The number of rotatable bonds is 26. The number of nitrogens with zero attached hydrogens (tertiary/aromatic N) is 12. The number of aliphatic hydroxyl groups excluding tert-OH is 5. The monoisotopic (exact) mass is 1720 g/mol. The summed E-state index contributed by atoms with van der Waals surface area (Å²) in [7, 11) is -13.1. The Labute approximate surface area is 614 Å². The molecule has 0 aromatic carbocycles. The Hall–Kier alpha value is -4.17. The van der Waals surface area contributed by atoms with Gasteiger partial charge in [-0.1, -0.05) is 0 Å². The van der Waals surface area contributed by atoms with E-state index in [0.717, 1.165) is 9.13 Å². The Morgan fingerprint density at radius 1 is 0.458 bits per heavy atom. The predicted octanol–water partition coefficient (Wildman–Crippen LogP) is -1.34. The van der Waals surface area contributed by atoms with Gasteiger partial charge < -0.3 is 117 Å². The number of ether oxygens (including phenoxy) is 8. The minimum atomic E-state index is -5.70. The molecule has 608 valence electrons. The van der Waals surface area contributed by atoms with Crippen LogP contribution in [0.1, 0.15) is 24.9 Å². The summed E-state index contributed by atoms with van der Waals surface area (Å²) < 4.78 is 161. The van der Waals surface area contributed by atoms with Gasteiger partial charge in [-0.25, -0.2) is 46.6 Å². The van der Waals surface area contributed by atoms with Gasteiger partial charge in [0, 0.05) is 110 Å². The zero-order valence-corrected chi connectivity index (χ0v) is 65.7. The van der Waals surface area contributed by atoms with E-state index < -0.39 is 187 Å². The molecule has 0 radical (unpaired) electrons. The van der Waals surface area contributed by atoms with Crippen LogP contribution in [0.15, 0.2) is 68.2 Å². The molecule has 4 aromatic rings. The van der Waals surface area contributed by atoms with E-state index in [-0.39, 0.29) is 13.2 Å². The summed E-state index contributed by atoms with van der Waals surface area (Å²) in [5.74, 6) is 1.73. The molecule has 11 N–H and O–H groups in total. The summed E-state index contributed by atoms with van der Waals surface area (Å²) >= 11 is 10.6. The number of aromatic nitrogens is 8. The van der Waals surface area contributed by atoms with Crippen LogP contribution in [0.25, 0.3) is 0 Å². The van der Waals surface area contributed by atoms with Gasteiger partial charge in [0.05, 0.1) is 26.4 Å². The molecular weight excluding hydrogens is 1640 g/mol. The number of halogens is 2. The van der Waals surface area contributed by atoms with Crippen molar-refractivity contribution in [3.63, 3.8) is 0 Å². The van der Waals surface area contributed by atoms with Crippen LogP contribution in [0.5, 0.6) is 0 Å². The highest BCUT2D eigenvalue weighted by molar-refractivity contribution is 8.05. The number of phosphoric ester groups is 1. The Morgan fingerprint density at radius 2 is 0.738 bits per heavy atom. The van der Waals surface area contributed by atoms with Crippen molar-refractivity contribution in [2.45, 2.75) is 98.2 Å². The van der Waals surface area contributed by atoms with Gasteiger partial charge in [-0.2, -0.15) is 41.5 Å². The van der Waals surface area contributed by atoms with E-state index in [1.165, 1.54) is 74.5 Å². The van der Waals surface area contributed by atoms with Gasteiger partial charge in [0.25, 0.3) is 0 Å². The van der Waals surface area contributed by atoms with Crippen LogP contribution in [-0.4, -0.2) is 278 Å². The number of anilines is 4. The first-order chi connectivity index (χ1) is 49.4. The van der Waals surface area contributed by atoms with Crippen LogP contribution >= 0.6 is 75.5 Å². The summed E-state index contributed by atoms with van der Waals surface area (Å²) in [4.78, 5) is 125. The Kier molecular flexibility index (Phi) is 32.3. The van der Waals surface area contributed by atoms with Crippen LogP contribution in [-0.2, 0) is 105 Å². The maximum Gasteiger partial charge on any atom is 0.492 e. The topological polar surface area (TPSA) is 642 Å². The first-order valence-electron chi connectivity index (χ1n) is 30.0. The third-order valence-electron chi connectivity index (χ3n) is 14.9. The van der Waals surface area contributed by atoms with Crippen molar-refractivity contribution in [3.05, 3.63) is 91.0 Å². The zero-order chi connectivity index (χ0) is 80.6. The van der Waals surface area contributed by atoms with Crippen LogP contribution in [0.4, 0.5) is 23.3 Å². The predicted molar refractivity (Wildman–Crippen MR) is 363 cm³/mol. The Morgan fingerprint density at radius 3 is 1.00 bits per heavy atom. The van der Waals surface area contributed by atoms with Crippen LogP contribution < -0.4 is 42.4 Å². The normalized spacial score (nSPS) is 31.7. The molecule has 0 amide bonds. The molecule has 20 atom stereocenters. The minimum Gasteiger partial charge on any atom is -0.394 e. The largest absolute Gasteiger partial charge is 0.492 e. The highest BCUT2D eigenvalue weighted by Gasteiger charge is 2.56. The summed E-state index contributed by atoms with van der Waals surface area (Å²) in [6.07, 6.45) is -15.5. The fourth-order valence-corrected chi connectivity index (χ4v) is 18.6. The fourth-order valence-electron chi connectivity index (χ4n) is 10.0. The van der Waals surface area contributed by atoms with E-state index in [1.807, 2.05) is 0 Å². The van der Waals surface area contributed by atoms with E-state index in [0.29, 0.717) is 23.3 Å². The lowest BCUT2D eigenvalue weighted by atomic mass is 10.1. The molecule has 0 aliphatic carbocycles. The van der Waals surface area contributed by atoms with E-state index in [9.17, 15) is 86.2 Å². The third kappa shape index (κ3) is 24.9. The molecule has 9 rings (SSSR count). The van der Waals surface area contributed by atoms with E-state index in [2.05, 4.69) is 46.0 Å². The Bertz CT molecular complexity index is 4260. The molecule has 107 heavy (non-hydrogen) atoms. The standard InChI is InChI=1S/C12H18Cl2N3O6P.C12H22N3O14P3.C12H20N3O13P3.C12H19N3O5/c1-16(2)8-4-5-17(12(19)15-8)11-10(21-3)9(18)7(23-11)6-22-24(13,14)20;1-14(2)8-4-5-15(12(17)13-8)11-10(25-3)9(16)7(27-11)6-26-31(21,22)29-32(23,24)28-30(18,19)20;1-14(2)8-4-5-15(12(17)13-8)11-10(23-3)9(16)7(25-11)6-24-31(22)27-29(18,19)26-30(20,21)28-31;1-14(2)8-4-5-15(12(18)13-8)11-10(19-3)9(17)7(6-16)20-11/h4-5,7,9-11,18H,6H2,1-3H3;4-5,7,9-11,16H,6H2,1-3H3,(H,21,22)(H,23,24)(H2,18,19,20);4-5,7,9-11,16H,6H2,1-3H3,(H,18,19)(H,20,21);4-5,7,9-11,16-17H,6H2,1-3H3/t4*7-,9+,10?,11-/m1111/s1. The lowest BCUT2D eigenvalue weighted by molar-refractivity contribution is -0.0624. The highest BCUT2D eigenvalue weighted by atomic mass is 35.9. The second-order valence-electron chi connectivity index (χ2n) is 23.2. The van der Waals surface area contributed by atoms with Gasteiger partial charge in [-0.3, -0.25) is 31.9 Å². The Balaban J connectivity index is 0.000000227. The molecule has 59 heteroatoms. The van der Waals surface area contributed by atoms with Gasteiger partial charge >= 0.3 is 75.8 Å². The smallest absolute Gasteiger partial charge is 0.394 e. The average molecular weight is 1720 g/mol. The van der Waals surface area contributed by atoms with Gasteiger partial charge in [-0.15, -0.1) is 0 Å². The summed E-state index contributed by atoms with van der Waals surface area (Å²) in [5.41, 5.74) is -2.53. The molecule has 4 aromatic heterocycles. The first-order valence-corrected chi connectivity index (χ1v) is 42.4. The lowest BCUT2D eigenvalue weighted by Crippen LogP contribution is -2.37. The van der Waals surface area contributed by atoms with Crippen molar-refractivity contribution >= 4 is 98.8 Å². The number of hydrogen-bond acceptors (Lipinski definition) is 40. The molecule has 0 saturated carbocycles. The molecule has 8 unspecified atom stereocenters. The third-order valence-corrected chi connectivity index (χ3v) is 25.1. The molecule has 50 nitrogen and oxygen atoms in total. The maximum absolute atomic E-state index is 12.4. The number of aliphatic hydroxyl groups is 5. The molecule has 5 aliphatic heterocycles. The van der Waals surface area contributed by atoms with Crippen LogP contribution in [0, 0.1) is 0 Å². The quantitative estimate of drug-likeness (QED) is 0.0324.